The highest BCUT2D eigenvalue weighted by Crippen LogP contribution is 2.29. The van der Waals surface area contributed by atoms with Crippen molar-refractivity contribution >= 4 is 17.3 Å². The fraction of sp³-hybridized carbons (Fsp3) is 0.625. The van der Waals surface area contributed by atoms with Crippen LogP contribution in [0.15, 0.2) is 18.2 Å². The second-order valence-corrected chi connectivity index (χ2v) is 6.44. The van der Waals surface area contributed by atoms with E-state index >= 15 is 0 Å². The van der Waals surface area contributed by atoms with E-state index in [0.29, 0.717) is 6.04 Å². The van der Waals surface area contributed by atoms with Crippen LogP contribution in [0, 0.1) is 0 Å². The van der Waals surface area contributed by atoms with Crippen LogP contribution in [0.1, 0.15) is 26.3 Å². The second kappa shape index (κ2) is 6.79. The van der Waals surface area contributed by atoms with Gasteiger partial charge in [-0.2, -0.15) is 0 Å². The summed E-state index contributed by atoms with van der Waals surface area (Å²) >= 11 is 6.38. The second-order valence-electron chi connectivity index (χ2n) is 6.04. The molecule has 0 bridgehead atoms. The van der Waals surface area contributed by atoms with Crippen LogP contribution in [0.5, 0.6) is 0 Å². The molecule has 0 saturated carbocycles. The van der Waals surface area contributed by atoms with Gasteiger partial charge in [-0.3, -0.25) is 4.90 Å². The maximum absolute atomic E-state index is 6.38. The van der Waals surface area contributed by atoms with Crippen LogP contribution in [0.4, 0.5) is 5.69 Å². The SMILES string of the molecule is CC(N)Cc1c(Cl)cccc1N1CCN(C(C)C)CC1. The normalized spacial score (nSPS) is 18.6. The lowest BCUT2D eigenvalue weighted by molar-refractivity contribution is 0.209. The van der Waals surface area contributed by atoms with Gasteiger partial charge in [0.25, 0.3) is 0 Å². The minimum absolute atomic E-state index is 0.130. The highest BCUT2D eigenvalue weighted by Gasteiger charge is 2.21. The molecule has 0 aromatic heterocycles. The Morgan fingerprint density at radius 3 is 2.35 bits per heavy atom. The van der Waals surface area contributed by atoms with Gasteiger partial charge in [0.05, 0.1) is 0 Å². The number of halogens is 1. The molecule has 2 N–H and O–H groups in total. The molecular formula is C16H26ClN3. The van der Waals surface area contributed by atoms with E-state index in [0.717, 1.165) is 37.6 Å². The molecule has 4 heteroatoms. The fourth-order valence-corrected chi connectivity index (χ4v) is 3.09. The zero-order chi connectivity index (χ0) is 14.7. The van der Waals surface area contributed by atoms with Gasteiger partial charge in [0.1, 0.15) is 0 Å². The minimum Gasteiger partial charge on any atom is -0.369 e. The first-order chi connectivity index (χ1) is 9.49. The molecule has 0 radical (unpaired) electrons. The molecule has 0 amide bonds. The molecule has 20 heavy (non-hydrogen) atoms. The van der Waals surface area contributed by atoms with Crippen molar-refractivity contribution in [3.63, 3.8) is 0 Å². The van der Waals surface area contributed by atoms with Gasteiger partial charge in [0.15, 0.2) is 0 Å². The van der Waals surface area contributed by atoms with E-state index in [9.17, 15) is 0 Å². The molecule has 1 atom stereocenters. The monoisotopic (exact) mass is 295 g/mol. The number of benzene rings is 1. The lowest BCUT2D eigenvalue weighted by atomic mass is 10.0. The van der Waals surface area contributed by atoms with E-state index < -0.39 is 0 Å². The van der Waals surface area contributed by atoms with Crippen molar-refractivity contribution in [2.45, 2.75) is 39.3 Å². The Hall–Kier alpha value is -0.770. The van der Waals surface area contributed by atoms with Gasteiger partial charge >= 0.3 is 0 Å². The fourth-order valence-electron chi connectivity index (χ4n) is 2.85. The average Bonchev–Trinajstić information content (AvgIpc) is 2.41. The third-order valence-corrected chi connectivity index (χ3v) is 4.36. The largest absolute Gasteiger partial charge is 0.369 e. The number of nitrogens with zero attached hydrogens (tertiary/aromatic N) is 2. The van der Waals surface area contributed by atoms with Crippen LogP contribution in [-0.4, -0.2) is 43.2 Å². The first-order valence-electron chi connectivity index (χ1n) is 7.51. The van der Waals surface area contributed by atoms with Crippen molar-refractivity contribution in [3.8, 4) is 0 Å². The van der Waals surface area contributed by atoms with Crippen molar-refractivity contribution < 1.29 is 0 Å². The Bertz CT molecular complexity index is 437. The number of piperazine rings is 1. The molecule has 1 unspecified atom stereocenters. The van der Waals surface area contributed by atoms with Gasteiger partial charge in [-0.25, -0.2) is 0 Å². The maximum atomic E-state index is 6.38. The number of hydrogen-bond acceptors (Lipinski definition) is 3. The standard InChI is InChI=1S/C16H26ClN3/c1-12(2)19-7-9-20(10-8-19)16-6-4-5-15(17)14(16)11-13(3)18/h4-6,12-13H,7-11,18H2,1-3H3. The number of nitrogens with two attached hydrogens (primary N) is 1. The van der Waals surface area contributed by atoms with Gasteiger partial charge in [0.2, 0.25) is 0 Å². The molecule has 1 aliphatic heterocycles. The molecule has 2 rings (SSSR count). The summed E-state index contributed by atoms with van der Waals surface area (Å²) in [5, 5.41) is 0.839. The molecule has 1 fully saturated rings. The van der Waals surface area contributed by atoms with Crippen molar-refractivity contribution in [1.82, 2.24) is 4.90 Å². The van der Waals surface area contributed by atoms with Crippen LogP contribution in [0.3, 0.4) is 0 Å². The summed E-state index contributed by atoms with van der Waals surface area (Å²) in [6.45, 7) is 10.9. The summed E-state index contributed by atoms with van der Waals surface area (Å²) in [7, 11) is 0. The topological polar surface area (TPSA) is 32.5 Å². The van der Waals surface area contributed by atoms with Crippen molar-refractivity contribution in [1.29, 1.82) is 0 Å². The van der Waals surface area contributed by atoms with Crippen molar-refractivity contribution in [3.05, 3.63) is 28.8 Å². The lowest BCUT2D eigenvalue weighted by Crippen LogP contribution is -2.49. The van der Waals surface area contributed by atoms with E-state index in [1.165, 1.54) is 11.3 Å². The van der Waals surface area contributed by atoms with Gasteiger partial charge in [0, 0.05) is 49.0 Å². The minimum atomic E-state index is 0.130. The molecule has 1 aliphatic rings. The molecule has 0 spiro atoms. The van der Waals surface area contributed by atoms with E-state index in [1.807, 2.05) is 19.1 Å². The molecule has 1 aromatic rings. The summed E-state index contributed by atoms with van der Waals surface area (Å²) in [5.41, 5.74) is 8.43. The molecule has 1 heterocycles. The summed E-state index contributed by atoms with van der Waals surface area (Å²) in [5.74, 6) is 0. The quantitative estimate of drug-likeness (QED) is 0.927. The zero-order valence-electron chi connectivity index (χ0n) is 12.8. The molecule has 1 saturated heterocycles. The number of anilines is 1. The van der Waals surface area contributed by atoms with Crippen LogP contribution in [0.2, 0.25) is 5.02 Å². The third kappa shape index (κ3) is 3.66. The van der Waals surface area contributed by atoms with Crippen LogP contribution in [-0.2, 0) is 6.42 Å². The smallest absolute Gasteiger partial charge is 0.0459 e. The average molecular weight is 296 g/mol. The summed E-state index contributed by atoms with van der Waals surface area (Å²) in [6.07, 6.45) is 0.833. The molecule has 3 nitrogen and oxygen atoms in total. The van der Waals surface area contributed by atoms with Gasteiger partial charge in [-0.05, 0) is 44.9 Å². The van der Waals surface area contributed by atoms with Gasteiger partial charge in [-0.1, -0.05) is 17.7 Å². The van der Waals surface area contributed by atoms with Gasteiger partial charge < -0.3 is 10.6 Å². The molecule has 112 valence electrons. The van der Waals surface area contributed by atoms with E-state index in [1.54, 1.807) is 0 Å². The third-order valence-electron chi connectivity index (χ3n) is 4.01. The maximum Gasteiger partial charge on any atom is 0.0459 e. The predicted octanol–water partition coefficient (Wildman–Crippen LogP) is 2.76. The highest BCUT2D eigenvalue weighted by molar-refractivity contribution is 6.31. The van der Waals surface area contributed by atoms with Crippen molar-refractivity contribution in [2.24, 2.45) is 5.73 Å². The first kappa shape index (κ1) is 15.6. The Morgan fingerprint density at radius 2 is 1.80 bits per heavy atom. The number of hydrogen-bond donors (Lipinski definition) is 1. The summed E-state index contributed by atoms with van der Waals surface area (Å²) in [6, 6.07) is 6.93. The Kier molecular flexibility index (Phi) is 5.30. The predicted molar refractivity (Wildman–Crippen MR) is 87.7 cm³/mol. The molecular weight excluding hydrogens is 270 g/mol. The summed E-state index contributed by atoms with van der Waals surface area (Å²) in [4.78, 5) is 4.97. The van der Waals surface area contributed by atoms with E-state index in [2.05, 4.69) is 29.7 Å². The van der Waals surface area contributed by atoms with Crippen LogP contribution in [0.25, 0.3) is 0 Å². The molecule has 1 aromatic carbocycles. The molecule has 0 aliphatic carbocycles. The van der Waals surface area contributed by atoms with E-state index in [4.69, 9.17) is 17.3 Å². The van der Waals surface area contributed by atoms with Crippen LogP contribution >= 0.6 is 11.6 Å². The summed E-state index contributed by atoms with van der Waals surface area (Å²) < 4.78 is 0. The van der Waals surface area contributed by atoms with Crippen LogP contribution < -0.4 is 10.6 Å². The van der Waals surface area contributed by atoms with E-state index in [-0.39, 0.29) is 6.04 Å². The van der Waals surface area contributed by atoms with Crippen molar-refractivity contribution in [2.75, 3.05) is 31.1 Å². The Labute approximate surface area is 127 Å². The highest BCUT2D eigenvalue weighted by atomic mass is 35.5. The lowest BCUT2D eigenvalue weighted by Gasteiger charge is -2.39. The number of rotatable bonds is 4. The zero-order valence-corrected chi connectivity index (χ0v) is 13.5. The Balaban J connectivity index is 2.15. The Morgan fingerprint density at radius 1 is 1.15 bits per heavy atom. The first-order valence-corrected chi connectivity index (χ1v) is 7.88. The van der Waals surface area contributed by atoms with Gasteiger partial charge in [-0.15, -0.1) is 0 Å².